The molecule has 0 amide bonds. The van der Waals surface area contributed by atoms with E-state index < -0.39 is 10.0 Å². The second-order valence-electron chi connectivity index (χ2n) is 4.22. The topological polar surface area (TPSA) is 76.4 Å². The molecule has 1 aliphatic carbocycles. The van der Waals surface area contributed by atoms with E-state index in [1.165, 1.54) is 11.3 Å². The number of thiazole rings is 1. The van der Waals surface area contributed by atoms with Crippen molar-refractivity contribution in [2.24, 2.45) is 0 Å². The van der Waals surface area contributed by atoms with E-state index in [0.717, 1.165) is 23.4 Å². The molecule has 0 aliphatic heterocycles. The fourth-order valence-electron chi connectivity index (χ4n) is 1.57. The Labute approximate surface area is 103 Å². The van der Waals surface area contributed by atoms with Gasteiger partial charge in [-0.3, -0.25) is 0 Å². The van der Waals surface area contributed by atoms with Crippen LogP contribution in [-0.4, -0.2) is 28.3 Å². The number of nitrogens with one attached hydrogen (secondary N) is 1. The highest BCUT2D eigenvalue weighted by molar-refractivity contribution is 7.93. The Kier molecular flexibility index (Phi) is 2.21. The van der Waals surface area contributed by atoms with E-state index in [0.29, 0.717) is 4.96 Å². The third-order valence-corrected chi connectivity index (χ3v) is 5.71. The van der Waals surface area contributed by atoms with Gasteiger partial charge in [0.1, 0.15) is 0 Å². The molecule has 8 heteroatoms. The first kappa shape index (κ1) is 11.0. The summed E-state index contributed by atoms with van der Waals surface area (Å²) in [6.45, 7) is 3.93. The highest BCUT2D eigenvalue weighted by Crippen LogP contribution is 2.29. The SMILES string of the molecule is Cc1sc2nc(NS(=O)(=O)C3CC3)nn2c1C. The fraction of sp³-hybridized carbons (Fsp3) is 0.556. The largest absolute Gasteiger partial charge is 0.257 e. The molecule has 3 rings (SSSR count). The quantitative estimate of drug-likeness (QED) is 0.914. The van der Waals surface area contributed by atoms with E-state index in [1.807, 2.05) is 13.8 Å². The van der Waals surface area contributed by atoms with Gasteiger partial charge in [0.05, 0.1) is 10.9 Å². The molecule has 0 unspecified atom stereocenters. The summed E-state index contributed by atoms with van der Waals surface area (Å²) in [5.41, 5.74) is 0.995. The van der Waals surface area contributed by atoms with Gasteiger partial charge >= 0.3 is 0 Å². The van der Waals surface area contributed by atoms with Crippen molar-refractivity contribution in [2.45, 2.75) is 31.9 Å². The molecule has 1 fully saturated rings. The molecule has 0 aromatic carbocycles. The predicted molar refractivity (Wildman–Crippen MR) is 65.9 cm³/mol. The number of anilines is 1. The van der Waals surface area contributed by atoms with Crippen molar-refractivity contribution in [1.82, 2.24) is 14.6 Å². The van der Waals surface area contributed by atoms with Gasteiger partial charge in [-0.2, -0.15) is 4.98 Å². The summed E-state index contributed by atoms with van der Waals surface area (Å²) in [5.74, 6) is 0.172. The van der Waals surface area contributed by atoms with E-state index in [2.05, 4.69) is 14.8 Å². The average molecular weight is 272 g/mol. The molecule has 1 N–H and O–H groups in total. The lowest BCUT2D eigenvalue weighted by Crippen LogP contribution is -2.18. The summed E-state index contributed by atoms with van der Waals surface area (Å²) in [7, 11) is -3.27. The zero-order valence-electron chi connectivity index (χ0n) is 9.47. The van der Waals surface area contributed by atoms with Crippen molar-refractivity contribution in [2.75, 3.05) is 4.72 Å². The van der Waals surface area contributed by atoms with E-state index in [-0.39, 0.29) is 11.2 Å². The molecular formula is C9H12N4O2S2. The molecule has 0 saturated heterocycles. The minimum absolute atomic E-state index is 0.172. The van der Waals surface area contributed by atoms with Crippen molar-refractivity contribution in [3.8, 4) is 0 Å². The second kappa shape index (κ2) is 3.42. The van der Waals surface area contributed by atoms with Crippen LogP contribution in [0.3, 0.4) is 0 Å². The van der Waals surface area contributed by atoms with Crippen LogP contribution in [0, 0.1) is 13.8 Å². The Morgan fingerprint density at radius 2 is 2.12 bits per heavy atom. The molecule has 17 heavy (non-hydrogen) atoms. The van der Waals surface area contributed by atoms with Crippen LogP contribution >= 0.6 is 11.3 Å². The lowest BCUT2D eigenvalue weighted by Gasteiger charge is -2.00. The molecule has 0 spiro atoms. The number of sulfonamides is 1. The number of rotatable bonds is 3. The third kappa shape index (κ3) is 1.81. The molecular weight excluding hydrogens is 260 g/mol. The number of hydrogen-bond donors (Lipinski definition) is 1. The molecule has 6 nitrogen and oxygen atoms in total. The zero-order valence-corrected chi connectivity index (χ0v) is 11.1. The Hall–Kier alpha value is -1.15. The van der Waals surface area contributed by atoms with Crippen LogP contribution in [0.1, 0.15) is 23.4 Å². The van der Waals surface area contributed by atoms with Crippen molar-refractivity contribution < 1.29 is 8.42 Å². The first-order chi connectivity index (χ1) is 7.97. The summed E-state index contributed by atoms with van der Waals surface area (Å²) in [6.07, 6.45) is 1.46. The maximum absolute atomic E-state index is 11.7. The van der Waals surface area contributed by atoms with E-state index in [4.69, 9.17) is 0 Å². The van der Waals surface area contributed by atoms with Crippen LogP contribution < -0.4 is 4.72 Å². The monoisotopic (exact) mass is 272 g/mol. The first-order valence-electron chi connectivity index (χ1n) is 5.32. The zero-order chi connectivity index (χ0) is 12.2. The van der Waals surface area contributed by atoms with Gasteiger partial charge in [0.25, 0.3) is 5.95 Å². The van der Waals surface area contributed by atoms with E-state index in [1.54, 1.807) is 4.52 Å². The Balaban J connectivity index is 1.96. The Morgan fingerprint density at radius 1 is 1.41 bits per heavy atom. The summed E-state index contributed by atoms with van der Waals surface area (Å²) in [4.78, 5) is 6.02. The van der Waals surface area contributed by atoms with Crippen molar-refractivity contribution in [3.63, 3.8) is 0 Å². The molecule has 92 valence electrons. The Morgan fingerprint density at radius 3 is 2.71 bits per heavy atom. The van der Waals surface area contributed by atoms with Gasteiger partial charge in [-0.1, -0.05) is 11.3 Å². The van der Waals surface area contributed by atoms with Gasteiger partial charge in [-0.05, 0) is 26.7 Å². The van der Waals surface area contributed by atoms with Crippen molar-refractivity contribution in [1.29, 1.82) is 0 Å². The summed E-state index contributed by atoms with van der Waals surface area (Å²) in [5, 5.41) is 3.90. The molecule has 2 aromatic heterocycles. The number of nitrogens with zero attached hydrogens (tertiary/aromatic N) is 3. The van der Waals surface area contributed by atoms with Crippen LogP contribution in [-0.2, 0) is 10.0 Å². The molecule has 0 atom stereocenters. The molecule has 1 aliphatic rings. The van der Waals surface area contributed by atoms with Gasteiger partial charge in [0.2, 0.25) is 15.0 Å². The smallest absolute Gasteiger partial charge is 0.250 e. The molecule has 2 heterocycles. The third-order valence-electron chi connectivity index (χ3n) is 2.85. The van der Waals surface area contributed by atoms with E-state index in [9.17, 15) is 8.42 Å². The number of aromatic nitrogens is 3. The van der Waals surface area contributed by atoms with Crippen LogP contribution in [0.15, 0.2) is 0 Å². The minimum atomic E-state index is -3.27. The highest BCUT2D eigenvalue weighted by atomic mass is 32.2. The predicted octanol–water partition coefficient (Wildman–Crippen LogP) is 1.31. The standard InChI is InChI=1S/C9H12N4O2S2/c1-5-6(2)16-9-10-8(11-13(5)9)12-17(14,15)7-3-4-7/h7H,3-4H2,1-2H3,(H,11,12). The summed E-state index contributed by atoms with van der Waals surface area (Å²) < 4.78 is 27.5. The lowest BCUT2D eigenvalue weighted by atomic mass is 10.4. The van der Waals surface area contributed by atoms with E-state index >= 15 is 0 Å². The van der Waals surface area contributed by atoms with Gasteiger partial charge in [-0.25, -0.2) is 17.7 Å². The van der Waals surface area contributed by atoms with Gasteiger partial charge in [0, 0.05) is 4.88 Å². The van der Waals surface area contributed by atoms with Gasteiger partial charge in [-0.15, -0.1) is 5.10 Å². The number of fused-ring (bicyclic) bond motifs is 1. The average Bonchev–Trinajstić information content (AvgIpc) is 2.98. The summed E-state index contributed by atoms with van der Waals surface area (Å²) >= 11 is 1.50. The van der Waals surface area contributed by atoms with Gasteiger partial charge in [0.15, 0.2) is 0 Å². The van der Waals surface area contributed by atoms with Crippen molar-refractivity contribution in [3.05, 3.63) is 10.6 Å². The van der Waals surface area contributed by atoms with Crippen LogP contribution in [0.4, 0.5) is 5.95 Å². The number of hydrogen-bond acceptors (Lipinski definition) is 5. The first-order valence-corrected chi connectivity index (χ1v) is 7.68. The fourth-order valence-corrected chi connectivity index (χ4v) is 3.74. The molecule has 1 saturated carbocycles. The maximum Gasteiger partial charge on any atom is 0.257 e. The van der Waals surface area contributed by atoms with Gasteiger partial charge < -0.3 is 0 Å². The normalized spacial score (nSPS) is 16.6. The van der Waals surface area contributed by atoms with Crippen LogP contribution in [0.5, 0.6) is 0 Å². The summed E-state index contributed by atoms with van der Waals surface area (Å²) in [6, 6.07) is 0. The maximum atomic E-state index is 11.7. The second-order valence-corrected chi connectivity index (χ2v) is 7.36. The highest BCUT2D eigenvalue weighted by Gasteiger charge is 2.36. The number of aryl methyl sites for hydroxylation is 2. The molecule has 2 aromatic rings. The van der Waals surface area contributed by atoms with Crippen molar-refractivity contribution >= 4 is 32.3 Å². The Bertz CT molecular complexity index is 681. The minimum Gasteiger partial charge on any atom is -0.250 e. The molecule has 0 bridgehead atoms. The van der Waals surface area contributed by atoms with Crippen LogP contribution in [0.25, 0.3) is 4.96 Å². The lowest BCUT2D eigenvalue weighted by molar-refractivity contribution is 0.599. The van der Waals surface area contributed by atoms with Crippen LogP contribution in [0.2, 0.25) is 0 Å². The molecule has 0 radical (unpaired) electrons.